The van der Waals surface area contributed by atoms with Gasteiger partial charge in [0.05, 0.1) is 0 Å². The van der Waals surface area contributed by atoms with Crippen molar-refractivity contribution in [1.29, 1.82) is 0 Å². The molecular weight excluding hydrogens is 318 g/mol. The molecule has 7 heteroatoms. The van der Waals surface area contributed by atoms with Gasteiger partial charge in [0.1, 0.15) is 5.54 Å². The number of aromatic nitrogens is 2. The van der Waals surface area contributed by atoms with Crippen molar-refractivity contribution in [2.75, 3.05) is 19.6 Å². The second kappa shape index (κ2) is 7.48. The van der Waals surface area contributed by atoms with E-state index in [2.05, 4.69) is 15.7 Å². The van der Waals surface area contributed by atoms with Crippen LogP contribution < -0.4 is 16.4 Å². The van der Waals surface area contributed by atoms with Crippen LogP contribution in [0.4, 0.5) is 0 Å². The highest BCUT2D eigenvalue weighted by molar-refractivity contribution is 5.92. The Morgan fingerprint density at radius 3 is 2.76 bits per heavy atom. The predicted octanol–water partition coefficient (Wildman–Crippen LogP) is 0.420. The number of hydrogen-bond donors (Lipinski definition) is 3. The lowest BCUT2D eigenvalue weighted by Crippen LogP contribution is -2.54. The maximum atomic E-state index is 12.9. The fourth-order valence-electron chi connectivity index (χ4n) is 3.29. The van der Waals surface area contributed by atoms with Crippen LogP contribution in [-0.2, 0) is 16.8 Å². The van der Waals surface area contributed by atoms with Crippen molar-refractivity contribution < 1.29 is 9.59 Å². The number of primary amides is 1. The Labute approximate surface area is 146 Å². The van der Waals surface area contributed by atoms with E-state index in [1.165, 1.54) is 0 Å². The highest BCUT2D eigenvalue weighted by Crippen LogP contribution is 2.27. The van der Waals surface area contributed by atoms with Crippen LogP contribution in [0.25, 0.3) is 0 Å². The van der Waals surface area contributed by atoms with E-state index < -0.39 is 11.4 Å². The van der Waals surface area contributed by atoms with Crippen molar-refractivity contribution in [3.05, 3.63) is 53.9 Å². The summed E-state index contributed by atoms with van der Waals surface area (Å²) in [6.07, 6.45) is 5.60. The first-order valence-corrected chi connectivity index (χ1v) is 8.50. The van der Waals surface area contributed by atoms with Crippen LogP contribution >= 0.6 is 0 Å². The molecule has 4 N–H and O–H groups in total. The summed E-state index contributed by atoms with van der Waals surface area (Å²) in [6.45, 7) is 2.07. The van der Waals surface area contributed by atoms with Gasteiger partial charge in [-0.15, -0.1) is 0 Å². The Hall–Kier alpha value is -2.67. The quantitative estimate of drug-likeness (QED) is 0.708. The normalized spacial score (nSPS) is 16.3. The molecule has 0 saturated carbocycles. The zero-order chi connectivity index (χ0) is 17.7. The summed E-state index contributed by atoms with van der Waals surface area (Å²) in [5, 5.41) is 10.6. The van der Waals surface area contributed by atoms with Crippen LogP contribution in [-0.4, -0.2) is 41.2 Å². The van der Waals surface area contributed by atoms with Gasteiger partial charge in [0.15, 0.2) is 0 Å². The predicted molar refractivity (Wildman–Crippen MR) is 94.0 cm³/mol. The minimum absolute atomic E-state index is 0.0104. The SMILES string of the molecule is NC(=O)c1cccc(CCNC(=O)C2(n3cccn3)CCNCC2)c1. The molecule has 3 rings (SSSR count). The van der Waals surface area contributed by atoms with Crippen LogP contribution in [0.2, 0.25) is 0 Å². The third kappa shape index (κ3) is 3.71. The minimum atomic E-state index is -0.635. The average Bonchev–Trinajstić information content (AvgIpc) is 3.17. The van der Waals surface area contributed by atoms with Crippen molar-refractivity contribution >= 4 is 11.8 Å². The average molecular weight is 341 g/mol. The molecule has 2 amide bonds. The Morgan fingerprint density at radius 1 is 1.28 bits per heavy atom. The molecule has 1 aromatic heterocycles. The first-order valence-electron chi connectivity index (χ1n) is 8.50. The van der Waals surface area contributed by atoms with E-state index in [1.54, 1.807) is 29.1 Å². The van der Waals surface area contributed by atoms with Gasteiger partial charge in [0, 0.05) is 24.5 Å². The van der Waals surface area contributed by atoms with Gasteiger partial charge in [-0.25, -0.2) is 0 Å². The number of piperidine rings is 1. The molecule has 0 unspecified atom stereocenters. The van der Waals surface area contributed by atoms with Crippen LogP contribution in [0.3, 0.4) is 0 Å². The van der Waals surface area contributed by atoms with E-state index in [1.807, 2.05) is 18.3 Å². The van der Waals surface area contributed by atoms with Gasteiger partial charge in [-0.2, -0.15) is 5.10 Å². The summed E-state index contributed by atoms with van der Waals surface area (Å²) in [5.74, 6) is -0.456. The smallest absolute Gasteiger partial charge is 0.248 e. The maximum absolute atomic E-state index is 12.9. The molecule has 0 aliphatic carbocycles. The van der Waals surface area contributed by atoms with Gasteiger partial charge in [-0.05, 0) is 56.1 Å². The van der Waals surface area contributed by atoms with Crippen molar-refractivity contribution in [1.82, 2.24) is 20.4 Å². The summed E-state index contributed by atoms with van der Waals surface area (Å²) >= 11 is 0. The van der Waals surface area contributed by atoms with Gasteiger partial charge in [0.2, 0.25) is 11.8 Å². The topological polar surface area (TPSA) is 102 Å². The molecular formula is C18H23N5O2. The van der Waals surface area contributed by atoms with E-state index in [-0.39, 0.29) is 5.91 Å². The van der Waals surface area contributed by atoms with E-state index >= 15 is 0 Å². The number of nitrogens with two attached hydrogens (primary N) is 1. The molecule has 1 aliphatic rings. The Morgan fingerprint density at radius 2 is 2.08 bits per heavy atom. The second-order valence-corrected chi connectivity index (χ2v) is 6.30. The molecule has 1 aliphatic heterocycles. The lowest BCUT2D eigenvalue weighted by Gasteiger charge is -2.36. The van der Waals surface area contributed by atoms with E-state index in [4.69, 9.17) is 5.73 Å². The number of nitrogens with zero attached hydrogens (tertiary/aromatic N) is 2. The standard InChI is InChI=1S/C18H23N5O2/c19-16(24)15-4-1-3-14(13-15)5-9-21-17(25)18(6-10-20-11-7-18)23-12-2-8-22-23/h1-4,8,12-13,20H,5-7,9-11H2,(H2,19,24)(H,21,25). The maximum Gasteiger partial charge on any atom is 0.248 e. The number of carbonyl (C=O) groups is 2. The van der Waals surface area contributed by atoms with Gasteiger partial charge < -0.3 is 16.4 Å². The van der Waals surface area contributed by atoms with Crippen LogP contribution in [0.1, 0.15) is 28.8 Å². The van der Waals surface area contributed by atoms with Crippen LogP contribution in [0, 0.1) is 0 Å². The van der Waals surface area contributed by atoms with Gasteiger partial charge >= 0.3 is 0 Å². The zero-order valence-corrected chi connectivity index (χ0v) is 14.1. The third-order valence-corrected chi connectivity index (χ3v) is 4.71. The second-order valence-electron chi connectivity index (χ2n) is 6.30. The van der Waals surface area contributed by atoms with Gasteiger partial charge in [0.25, 0.3) is 0 Å². The van der Waals surface area contributed by atoms with Gasteiger partial charge in [-0.1, -0.05) is 12.1 Å². The Balaban J connectivity index is 1.64. The van der Waals surface area contributed by atoms with E-state index in [9.17, 15) is 9.59 Å². The summed E-state index contributed by atoms with van der Waals surface area (Å²) in [4.78, 5) is 24.2. The molecule has 2 heterocycles. The highest BCUT2D eigenvalue weighted by Gasteiger charge is 2.41. The fraction of sp³-hybridized carbons (Fsp3) is 0.389. The van der Waals surface area contributed by atoms with Crippen molar-refractivity contribution in [3.8, 4) is 0 Å². The molecule has 1 fully saturated rings. The van der Waals surface area contributed by atoms with E-state index in [0.717, 1.165) is 18.7 Å². The number of carbonyl (C=O) groups excluding carboxylic acids is 2. The molecule has 7 nitrogen and oxygen atoms in total. The lowest BCUT2D eigenvalue weighted by molar-refractivity contribution is -0.131. The third-order valence-electron chi connectivity index (χ3n) is 4.71. The van der Waals surface area contributed by atoms with Crippen molar-refractivity contribution in [2.45, 2.75) is 24.8 Å². The number of nitrogens with one attached hydrogen (secondary N) is 2. The largest absolute Gasteiger partial charge is 0.366 e. The minimum Gasteiger partial charge on any atom is -0.366 e. The first-order chi connectivity index (χ1) is 12.1. The van der Waals surface area contributed by atoms with Crippen LogP contribution in [0.5, 0.6) is 0 Å². The number of amides is 2. The highest BCUT2D eigenvalue weighted by atomic mass is 16.2. The summed E-state index contributed by atoms with van der Waals surface area (Å²) < 4.78 is 1.77. The number of rotatable bonds is 6. The van der Waals surface area contributed by atoms with Gasteiger partial charge in [-0.3, -0.25) is 14.3 Å². The van der Waals surface area contributed by atoms with Crippen LogP contribution in [0.15, 0.2) is 42.7 Å². The number of benzene rings is 1. The molecule has 0 radical (unpaired) electrons. The molecule has 1 saturated heterocycles. The Bertz CT molecular complexity index is 736. The van der Waals surface area contributed by atoms with Crippen molar-refractivity contribution in [2.24, 2.45) is 5.73 Å². The fourth-order valence-corrected chi connectivity index (χ4v) is 3.29. The molecule has 0 spiro atoms. The molecule has 2 aromatic rings. The molecule has 25 heavy (non-hydrogen) atoms. The molecule has 0 atom stereocenters. The summed E-state index contributed by atoms with van der Waals surface area (Å²) in [6, 6.07) is 9.02. The number of hydrogen-bond acceptors (Lipinski definition) is 4. The van der Waals surface area contributed by atoms with E-state index in [0.29, 0.717) is 31.4 Å². The molecule has 0 bridgehead atoms. The summed E-state index contributed by atoms with van der Waals surface area (Å²) in [5.41, 5.74) is 6.12. The van der Waals surface area contributed by atoms with Crippen molar-refractivity contribution in [3.63, 3.8) is 0 Å². The Kier molecular flexibility index (Phi) is 5.14. The zero-order valence-electron chi connectivity index (χ0n) is 14.1. The summed E-state index contributed by atoms with van der Waals surface area (Å²) in [7, 11) is 0. The molecule has 1 aromatic carbocycles. The molecule has 132 valence electrons. The first kappa shape index (κ1) is 17.2. The monoisotopic (exact) mass is 341 g/mol. The lowest BCUT2D eigenvalue weighted by atomic mass is 9.87.